The summed E-state index contributed by atoms with van der Waals surface area (Å²) < 4.78 is 5.31. The molecule has 4 rings (SSSR count). The van der Waals surface area contributed by atoms with Crippen LogP contribution in [0, 0.1) is 10.1 Å². The number of rotatable bonds is 7. The van der Waals surface area contributed by atoms with E-state index in [2.05, 4.69) is 20.3 Å². The van der Waals surface area contributed by atoms with Gasteiger partial charge in [0.1, 0.15) is 5.56 Å². The van der Waals surface area contributed by atoms with Gasteiger partial charge in [0.2, 0.25) is 0 Å². The molecule has 2 aromatic heterocycles. The number of nitro groups is 1. The number of aromatic amines is 1. The molecule has 2 aromatic carbocycles. The molecular formula is C21H17N5O4S. The molecule has 0 aliphatic carbocycles. The quantitative estimate of drug-likeness (QED) is 0.325. The first-order valence-electron chi connectivity index (χ1n) is 9.20. The Morgan fingerprint density at radius 1 is 1.23 bits per heavy atom. The Morgan fingerprint density at radius 3 is 2.81 bits per heavy atom. The van der Waals surface area contributed by atoms with Crippen LogP contribution in [0.1, 0.15) is 15.9 Å². The number of nitrogens with one attached hydrogen (secondary N) is 2. The van der Waals surface area contributed by atoms with Crippen molar-refractivity contribution in [3.63, 3.8) is 0 Å². The van der Waals surface area contributed by atoms with Crippen LogP contribution in [0.3, 0.4) is 0 Å². The Balaban J connectivity index is 1.76. The highest BCUT2D eigenvalue weighted by atomic mass is 32.2. The van der Waals surface area contributed by atoms with Gasteiger partial charge in [-0.05, 0) is 12.1 Å². The first kappa shape index (κ1) is 20.5. The largest absolute Gasteiger partial charge is 0.380 e. The molecule has 0 saturated heterocycles. The van der Waals surface area contributed by atoms with Crippen LogP contribution in [0.25, 0.3) is 10.9 Å². The van der Waals surface area contributed by atoms with Crippen LogP contribution in [-0.2, 0) is 11.3 Å². The fraction of sp³-hybridized carbons (Fsp3) is 0.0952. The molecular weight excluding hydrogens is 418 g/mol. The molecule has 0 aliphatic rings. The number of H-pyrrole nitrogens is 1. The van der Waals surface area contributed by atoms with Crippen LogP contribution in [0.2, 0.25) is 0 Å². The predicted molar refractivity (Wildman–Crippen MR) is 116 cm³/mol. The molecule has 1 amide bonds. The molecule has 0 atom stereocenters. The second-order valence-electron chi connectivity index (χ2n) is 6.47. The maximum absolute atomic E-state index is 12.8. The molecule has 0 fully saturated rings. The van der Waals surface area contributed by atoms with E-state index < -0.39 is 10.8 Å². The third-order valence-corrected chi connectivity index (χ3v) is 5.59. The fourth-order valence-electron chi connectivity index (χ4n) is 3.14. The highest BCUT2D eigenvalue weighted by Crippen LogP contribution is 2.36. The number of nitro benzene ring substituents is 1. The number of carbonyl (C=O) groups is 1. The van der Waals surface area contributed by atoms with E-state index in [1.807, 2.05) is 6.07 Å². The normalized spacial score (nSPS) is 10.9. The highest BCUT2D eigenvalue weighted by molar-refractivity contribution is 7.99. The molecule has 9 nitrogen and oxygen atoms in total. The molecule has 0 aliphatic heterocycles. The van der Waals surface area contributed by atoms with Crippen molar-refractivity contribution in [3.8, 4) is 0 Å². The topological polar surface area (TPSA) is 123 Å². The monoisotopic (exact) mass is 435 g/mol. The van der Waals surface area contributed by atoms with Crippen molar-refractivity contribution >= 4 is 39.9 Å². The second-order valence-corrected chi connectivity index (χ2v) is 7.47. The minimum atomic E-state index is -0.581. The summed E-state index contributed by atoms with van der Waals surface area (Å²) in [5, 5.41) is 15.5. The summed E-state index contributed by atoms with van der Waals surface area (Å²) in [6.07, 6.45) is 5.10. The molecule has 0 radical (unpaired) electrons. The SMILES string of the molecule is COCc1cnc2c(NC(=O)c3ccccc3[N+](=O)[O-])cccc2c1Sc1ncc[nH]1. The van der Waals surface area contributed by atoms with Gasteiger partial charge in [-0.1, -0.05) is 36.0 Å². The van der Waals surface area contributed by atoms with Gasteiger partial charge in [0.15, 0.2) is 5.16 Å². The predicted octanol–water partition coefficient (Wildman–Crippen LogP) is 4.42. The molecule has 0 saturated carbocycles. The molecule has 2 N–H and O–H groups in total. The van der Waals surface area contributed by atoms with Gasteiger partial charge in [-0.3, -0.25) is 19.9 Å². The Kier molecular flexibility index (Phi) is 5.92. The van der Waals surface area contributed by atoms with Crippen molar-refractivity contribution in [2.24, 2.45) is 0 Å². The van der Waals surface area contributed by atoms with Crippen molar-refractivity contribution in [2.45, 2.75) is 16.7 Å². The minimum absolute atomic E-state index is 0.0225. The van der Waals surface area contributed by atoms with Crippen molar-refractivity contribution < 1.29 is 14.5 Å². The van der Waals surface area contributed by atoms with Gasteiger partial charge in [-0.15, -0.1) is 0 Å². The van der Waals surface area contributed by atoms with Gasteiger partial charge in [0.25, 0.3) is 11.6 Å². The van der Waals surface area contributed by atoms with Gasteiger partial charge < -0.3 is 15.0 Å². The Morgan fingerprint density at radius 2 is 2.06 bits per heavy atom. The molecule has 4 aromatic rings. The lowest BCUT2D eigenvalue weighted by Crippen LogP contribution is -2.14. The van der Waals surface area contributed by atoms with Gasteiger partial charge in [0, 0.05) is 47.6 Å². The second kappa shape index (κ2) is 8.94. The lowest BCUT2D eigenvalue weighted by Gasteiger charge is -2.13. The number of pyridine rings is 1. The molecule has 156 valence electrons. The minimum Gasteiger partial charge on any atom is -0.380 e. The lowest BCUT2D eigenvalue weighted by molar-refractivity contribution is -0.385. The fourth-order valence-corrected chi connectivity index (χ4v) is 4.09. The number of anilines is 1. The summed E-state index contributed by atoms with van der Waals surface area (Å²) in [6.45, 7) is 0.360. The Bertz CT molecular complexity index is 1260. The van der Waals surface area contributed by atoms with Gasteiger partial charge >= 0.3 is 0 Å². The first-order valence-corrected chi connectivity index (χ1v) is 10.0. The van der Waals surface area contributed by atoms with Crippen LogP contribution in [0.5, 0.6) is 0 Å². The van der Waals surface area contributed by atoms with E-state index in [0.717, 1.165) is 15.8 Å². The summed E-state index contributed by atoms with van der Waals surface area (Å²) >= 11 is 1.43. The van der Waals surface area contributed by atoms with Crippen molar-refractivity contribution in [1.29, 1.82) is 0 Å². The van der Waals surface area contributed by atoms with Crippen LogP contribution in [0.15, 0.2) is 71.1 Å². The summed E-state index contributed by atoms with van der Waals surface area (Å²) in [7, 11) is 1.61. The molecule has 0 spiro atoms. The molecule has 2 heterocycles. The first-order chi connectivity index (χ1) is 15.1. The van der Waals surface area contributed by atoms with E-state index in [1.165, 1.54) is 30.0 Å². The van der Waals surface area contributed by atoms with Crippen molar-refractivity contribution in [1.82, 2.24) is 15.0 Å². The lowest BCUT2D eigenvalue weighted by atomic mass is 10.1. The number of fused-ring (bicyclic) bond motifs is 1. The number of imidazole rings is 1. The van der Waals surface area contributed by atoms with Crippen LogP contribution in [0.4, 0.5) is 11.4 Å². The maximum Gasteiger partial charge on any atom is 0.282 e. The summed E-state index contributed by atoms with van der Waals surface area (Å²) in [5.74, 6) is -0.581. The van der Waals surface area contributed by atoms with Crippen LogP contribution in [-0.4, -0.2) is 32.9 Å². The number of hydrogen-bond donors (Lipinski definition) is 2. The van der Waals surface area contributed by atoms with Crippen LogP contribution >= 0.6 is 11.8 Å². The average Bonchev–Trinajstić information content (AvgIpc) is 3.29. The maximum atomic E-state index is 12.8. The summed E-state index contributed by atoms with van der Waals surface area (Å²) in [6, 6.07) is 11.2. The average molecular weight is 435 g/mol. The van der Waals surface area contributed by atoms with Gasteiger partial charge in [-0.25, -0.2) is 4.98 Å². The highest BCUT2D eigenvalue weighted by Gasteiger charge is 2.21. The van der Waals surface area contributed by atoms with E-state index in [-0.39, 0.29) is 11.3 Å². The summed E-state index contributed by atoms with van der Waals surface area (Å²) in [4.78, 5) is 36.3. The standard InChI is InChI=1S/C21H17N5O4S/c1-30-12-13-11-24-18-15(19(13)31-21-22-9-10-23-21)6-4-7-16(18)25-20(27)14-5-2-3-8-17(14)26(28)29/h2-11H,12H2,1H3,(H,22,23)(H,25,27). The molecule has 31 heavy (non-hydrogen) atoms. The van der Waals surface area contributed by atoms with E-state index in [1.54, 1.807) is 43.9 Å². The number of methoxy groups -OCH3 is 1. The number of carbonyl (C=O) groups excluding carboxylic acids is 1. The van der Waals surface area contributed by atoms with E-state index in [0.29, 0.717) is 23.0 Å². The van der Waals surface area contributed by atoms with Crippen molar-refractivity contribution in [2.75, 3.05) is 12.4 Å². The Labute approximate surface area is 181 Å². The molecule has 0 unspecified atom stereocenters. The number of ether oxygens (including phenoxy) is 1. The Hall–Kier alpha value is -3.76. The number of nitrogens with zero attached hydrogens (tertiary/aromatic N) is 3. The third kappa shape index (κ3) is 4.25. The van der Waals surface area contributed by atoms with E-state index in [9.17, 15) is 14.9 Å². The molecule has 0 bridgehead atoms. The zero-order valence-corrected chi connectivity index (χ0v) is 17.2. The van der Waals surface area contributed by atoms with Gasteiger partial charge in [-0.2, -0.15) is 0 Å². The number of amides is 1. The van der Waals surface area contributed by atoms with E-state index >= 15 is 0 Å². The number of para-hydroxylation sites is 2. The van der Waals surface area contributed by atoms with Crippen molar-refractivity contribution in [3.05, 3.63) is 82.3 Å². The van der Waals surface area contributed by atoms with E-state index in [4.69, 9.17) is 4.74 Å². The van der Waals surface area contributed by atoms with Gasteiger partial charge in [0.05, 0.1) is 22.7 Å². The third-order valence-electron chi connectivity index (χ3n) is 4.49. The molecule has 10 heteroatoms. The zero-order valence-electron chi connectivity index (χ0n) is 16.4. The number of benzene rings is 2. The number of aromatic nitrogens is 3. The zero-order chi connectivity index (χ0) is 21.8. The number of hydrogen-bond acceptors (Lipinski definition) is 7. The van der Waals surface area contributed by atoms with Crippen LogP contribution < -0.4 is 5.32 Å². The smallest absolute Gasteiger partial charge is 0.282 e. The summed E-state index contributed by atoms with van der Waals surface area (Å²) in [5.41, 5.74) is 1.60.